The van der Waals surface area contributed by atoms with Gasteiger partial charge in [0.1, 0.15) is 0 Å². The highest BCUT2D eigenvalue weighted by atomic mass is 35.5. The van der Waals surface area contributed by atoms with E-state index < -0.39 is 5.97 Å². The van der Waals surface area contributed by atoms with E-state index in [1.54, 1.807) is 30.1 Å². The summed E-state index contributed by atoms with van der Waals surface area (Å²) in [6, 6.07) is 14.1. The molecule has 5 heteroatoms. The van der Waals surface area contributed by atoms with Crippen molar-refractivity contribution in [3.63, 3.8) is 0 Å². The van der Waals surface area contributed by atoms with Crippen molar-refractivity contribution in [1.82, 2.24) is 4.90 Å². The molecular formula is C19H20ClNO3. The van der Waals surface area contributed by atoms with Crippen LogP contribution < -0.4 is 0 Å². The smallest absolute Gasteiger partial charge is 0.335 e. The van der Waals surface area contributed by atoms with E-state index in [2.05, 4.69) is 0 Å². The SMILES string of the molecule is CC(Cc1ccc(Cl)cc1)N(C)C(=O)Cc1ccccc1C(=O)O. The number of carbonyl (C=O) groups excluding carboxylic acids is 1. The van der Waals surface area contributed by atoms with Crippen LogP contribution in [0.5, 0.6) is 0 Å². The molecule has 0 saturated heterocycles. The van der Waals surface area contributed by atoms with E-state index >= 15 is 0 Å². The molecule has 2 aromatic carbocycles. The standard InChI is InChI=1S/C19H20ClNO3/c1-13(11-14-7-9-16(20)10-8-14)21(2)18(22)12-15-5-3-4-6-17(15)19(23)24/h3-10,13H,11-12H2,1-2H3,(H,23,24). The van der Waals surface area contributed by atoms with Crippen molar-refractivity contribution >= 4 is 23.5 Å². The van der Waals surface area contributed by atoms with Gasteiger partial charge in [-0.25, -0.2) is 4.79 Å². The molecule has 0 aromatic heterocycles. The summed E-state index contributed by atoms with van der Waals surface area (Å²) >= 11 is 5.88. The zero-order chi connectivity index (χ0) is 17.7. The van der Waals surface area contributed by atoms with Crippen LogP contribution in [0.3, 0.4) is 0 Å². The normalized spacial score (nSPS) is 11.8. The average Bonchev–Trinajstić information content (AvgIpc) is 2.56. The van der Waals surface area contributed by atoms with Crippen molar-refractivity contribution in [2.75, 3.05) is 7.05 Å². The Hall–Kier alpha value is -2.33. The highest BCUT2D eigenvalue weighted by Crippen LogP contribution is 2.15. The first-order valence-corrected chi connectivity index (χ1v) is 8.07. The van der Waals surface area contributed by atoms with Crippen molar-refractivity contribution in [1.29, 1.82) is 0 Å². The predicted octanol–water partition coefficient (Wildman–Crippen LogP) is 3.67. The third-order valence-electron chi connectivity index (χ3n) is 4.09. The van der Waals surface area contributed by atoms with E-state index in [-0.39, 0.29) is 23.9 Å². The number of carboxylic acids is 1. The van der Waals surface area contributed by atoms with Gasteiger partial charge in [-0.2, -0.15) is 0 Å². The molecule has 2 aromatic rings. The van der Waals surface area contributed by atoms with Gasteiger partial charge >= 0.3 is 5.97 Å². The third-order valence-corrected chi connectivity index (χ3v) is 4.34. The van der Waals surface area contributed by atoms with Gasteiger partial charge in [0, 0.05) is 18.1 Å². The molecule has 1 atom stereocenters. The van der Waals surface area contributed by atoms with Gasteiger partial charge in [0.05, 0.1) is 12.0 Å². The lowest BCUT2D eigenvalue weighted by molar-refractivity contribution is -0.130. The van der Waals surface area contributed by atoms with Crippen LogP contribution in [0.1, 0.15) is 28.4 Å². The van der Waals surface area contributed by atoms with Gasteiger partial charge in [0.15, 0.2) is 0 Å². The maximum absolute atomic E-state index is 12.5. The molecule has 0 radical (unpaired) electrons. The molecule has 0 aliphatic carbocycles. The predicted molar refractivity (Wildman–Crippen MR) is 94.5 cm³/mol. The molecule has 1 N–H and O–H groups in total. The number of likely N-dealkylation sites (N-methyl/N-ethyl adjacent to an activating group) is 1. The molecule has 0 bridgehead atoms. The maximum atomic E-state index is 12.5. The average molecular weight is 346 g/mol. The van der Waals surface area contributed by atoms with Crippen molar-refractivity contribution in [2.45, 2.75) is 25.8 Å². The number of amides is 1. The fourth-order valence-electron chi connectivity index (χ4n) is 2.52. The Morgan fingerprint density at radius 1 is 1.12 bits per heavy atom. The molecule has 0 saturated carbocycles. The number of benzene rings is 2. The van der Waals surface area contributed by atoms with Crippen LogP contribution >= 0.6 is 11.6 Å². The Labute approximate surface area is 146 Å². The van der Waals surface area contributed by atoms with Crippen molar-refractivity contribution in [2.24, 2.45) is 0 Å². The van der Waals surface area contributed by atoms with Gasteiger partial charge in [-0.05, 0) is 42.7 Å². The number of nitrogens with zero attached hydrogens (tertiary/aromatic N) is 1. The Morgan fingerprint density at radius 3 is 2.38 bits per heavy atom. The van der Waals surface area contributed by atoms with E-state index in [4.69, 9.17) is 11.6 Å². The minimum Gasteiger partial charge on any atom is -0.478 e. The second-order valence-corrected chi connectivity index (χ2v) is 6.26. The van der Waals surface area contributed by atoms with Crippen LogP contribution in [0, 0.1) is 0 Å². The molecule has 0 aliphatic heterocycles. The highest BCUT2D eigenvalue weighted by molar-refractivity contribution is 6.30. The van der Waals surface area contributed by atoms with Crippen LogP contribution in [0.15, 0.2) is 48.5 Å². The molecular weight excluding hydrogens is 326 g/mol. The number of carbonyl (C=O) groups is 2. The van der Waals surface area contributed by atoms with Gasteiger partial charge < -0.3 is 10.0 Å². The van der Waals surface area contributed by atoms with Crippen LogP contribution in [0.2, 0.25) is 5.02 Å². The Kier molecular flexibility index (Phi) is 5.99. The summed E-state index contributed by atoms with van der Waals surface area (Å²) in [6.07, 6.45) is 0.782. The van der Waals surface area contributed by atoms with Gasteiger partial charge in [-0.3, -0.25) is 4.79 Å². The molecule has 1 unspecified atom stereocenters. The van der Waals surface area contributed by atoms with E-state index in [0.29, 0.717) is 17.0 Å². The summed E-state index contributed by atoms with van der Waals surface area (Å²) in [5, 5.41) is 9.89. The fourth-order valence-corrected chi connectivity index (χ4v) is 2.64. The Balaban J connectivity index is 2.04. The minimum atomic E-state index is -1.02. The van der Waals surface area contributed by atoms with Crippen LogP contribution in [0.25, 0.3) is 0 Å². The lowest BCUT2D eigenvalue weighted by Crippen LogP contribution is -2.37. The number of rotatable bonds is 6. The third kappa shape index (κ3) is 4.59. The number of carboxylic acid groups (broad SMARTS) is 1. The van der Waals surface area contributed by atoms with Crippen molar-refractivity contribution in [3.8, 4) is 0 Å². The zero-order valence-corrected chi connectivity index (χ0v) is 14.5. The maximum Gasteiger partial charge on any atom is 0.335 e. The largest absolute Gasteiger partial charge is 0.478 e. The van der Waals surface area contributed by atoms with E-state index in [1.165, 1.54) is 6.07 Å². The first kappa shape index (κ1) is 18.0. The molecule has 0 fully saturated rings. The number of aromatic carboxylic acids is 1. The monoisotopic (exact) mass is 345 g/mol. The second kappa shape index (κ2) is 7.97. The lowest BCUT2D eigenvalue weighted by atomic mass is 10.0. The number of hydrogen-bond donors (Lipinski definition) is 1. The lowest BCUT2D eigenvalue weighted by Gasteiger charge is -2.25. The summed E-state index contributed by atoms with van der Waals surface area (Å²) in [5.41, 5.74) is 1.79. The fraction of sp³-hybridized carbons (Fsp3) is 0.263. The van der Waals surface area contributed by atoms with E-state index in [0.717, 1.165) is 5.56 Å². The molecule has 0 heterocycles. The van der Waals surface area contributed by atoms with Crippen molar-refractivity contribution < 1.29 is 14.7 Å². The Morgan fingerprint density at radius 2 is 1.75 bits per heavy atom. The first-order valence-electron chi connectivity index (χ1n) is 7.69. The van der Waals surface area contributed by atoms with Gasteiger partial charge in [-0.15, -0.1) is 0 Å². The summed E-state index contributed by atoms with van der Waals surface area (Å²) in [5.74, 6) is -1.12. The molecule has 2 rings (SSSR count). The van der Waals surface area contributed by atoms with Crippen LogP contribution in [0.4, 0.5) is 0 Å². The van der Waals surface area contributed by atoms with Gasteiger partial charge in [0.25, 0.3) is 0 Å². The molecule has 0 spiro atoms. The molecule has 4 nitrogen and oxygen atoms in total. The minimum absolute atomic E-state index is 0.00401. The highest BCUT2D eigenvalue weighted by Gasteiger charge is 2.19. The number of halogens is 1. The second-order valence-electron chi connectivity index (χ2n) is 5.82. The summed E-state index contributed by atoms with van der Waals surface area (Å²) < 4.78 is 0. The summed E-state index contributed by atoms with van der Waals surface area (Å²) in [7, 11) is 1.74. The quantitative estimate of drug-likeness (QED) is 0.869. The molecule has 126 valence electrons. The van der Waals surface area contributed by atoms with E-state index in [1.807, 2.05) is 31.2 Å². The molecule has 0 aliphatic rings. The van der Waals surface area contributed by atoms with Gasteiger partial charge in [-0.1, -0.05) is 41.9 Å². The van der Waals surface area contributed by atoms with Crippen LogP contribution in [-0.4, -0.2) is 35.0 Å². The molecule has 1 amide bonds. The molecule has 24 heavy (non-hydrogen) atoms. The zero-order valence-electron chi connectivity index (χ0n) is 13.7. The van der Waals surface area contributed by atoms with E-state index in [9.17, 15) is 14.7 Å². The summed E-state index contributed by atoms with van der Waals surface area (Å²) in [6.45, 7) is 1.97. The van der Waals surface area contributed by atoms with Crippen molar-refractivity contribution in [3.05, 3.63) is 70.2 Å². The topological polar surface area (TPSA) is 57.6 Å². The van der Waals surface area contributed by atoms with Crippen LogP contribution in [-0.2, 0) is 17.6 Å². The first-order chi connectivity index (χ1) is 11.4. The van der Waals surface area contributed by atoms with Gasteiger partial charge in [0.2, 0.25) is 5.91 Å². The number of hydrogen-bond acceptors (Lipinski definition) is 2. The Bertz CT molecular complexity index is 728. The summed E-state index contributed by atoms with van der Waals surface area (Å²) in [4.78, 5) is 25.4.